The van der Waals surface area contributed by atoms with Gasteiger partial charge in [0, 0.05) is 23.6 Å². The normalized spacial score (nSPS) is 16.5. The van der Waals surface area contributed by atoms with Gasteiger partial charge in [0.1, 0.15) is 4.83 Å². The van der Waals surface area contributed by atoms with Crippen molar-refractivity contribution in [1.29, 1.82) is 0 Å². The molecule has 4 nitrogen and oxygen atoms in total. The first kappa shape index (κ1) is 19.4. The average Bonchev–Trinajstić information content (AvgIpc) is 3.07. The molecule has 6 heteroatoms. The minimum Gasteiger partial charge on any atom is -0.372 e. The van der Waals surface area contributed by atoms with Crippen LogP contribution in [0.4, 0.5) is 0 Å². The molecule has 0 aliphatic carbocycles. The highest BCUT2D eigenvalue weighted by atomic mass is 32.2. The third-order valence-corrected chi connectivity index (χ3v) is 7.21. The molecule has 0 spiro atoms. The largest absolute Gasteiger partial charge is 0.372 e. The number of ether oxygens (including phenoxy) is 1. The molecule has 28 heavy (non-hydrogen) atoms. The summed E-state index contributed by atoms with van der Waals surface area (Å²) in [7, 11) is 0. The van der Waals surface area contributed by atoms with Crippen molar-refractivity contribution in [2.75, 3.05) is 0 Å². The summed E-state index contributed by atoms with van der Waals surface area (Å²) >= 11 is 3.20. The van der Waals surface area contributed by atoms with Crippen molar-refractivity contribution in [2.24, 2.45) is 5.92 Å². The van der Waals surface area contributed by atoms with E-state index in [0.717, 1.165) is 38.0 Å². The quantitative estimate of drug-likeness (QED) is 0.323. The fraction of sp³-hybridized carbons (Fsp3) is 0.364. The minimum absolute atomic E-state index is 0.0439. The first-order valence-corrected chi connectivity index (χ1v) is 11.3. The predicted molar refractivity (Wildman–Crippen MR) is 117 cm³/mol. The van der Waals surface area contributed by atoms with Crippen molar-refractivity contribution >= 4 is 33.3 Å². The average molecular weight is 413 g/mol. The molecule has 146 valence electrons. The number of aromatic nitrogens is 2. The standard InChI is InChI=1S/C22H24N2O2S2/c1-4-10-24-21(25)19-16-11-17(14(2)3)26-12-18(16)28-20(19)23-22(24)27-13-15-8-6-5-7-9-15/h4-9,14,17H,1,10-13H2,2-3H3. The van der Waals surface area contributed by atoms with Crippen LogP contribution in [0.15, 0.2) is 52.9 Å². The summed E-state index contributed by atoms with van der Waals surface area (Å²) < 4.78 is 7.76. The maximum atomic E-state index is 13.4. The van der Waals surface area contributed by atoms with Crippen LogP contribution in [-0.4, -0.2) is 15.7 Å². The van der Waals surface area contributed by atoms with Gasteiger partial charge < -0.3 is 4.74 Å². The van der Waals surface area contributed by atoms with Gasteiger partial charge in [-0.15, -0.1) is 17.9 Å². The van der Waals surface area contributed by atoms with Crippen LogP contribution >= 0.6 is 23.1 Å². The van der Waals surface area contributed by atoms with E-state index in [1.54, 1.807) is 33.7 Å². The van der Waals surface area contributed by atoms with Gasteiger partial charge in [0.2, 0.25) is 0 Å². The van der Waals surface area contributed by atoms with Crippen LogP contribution in [0.1, 0.15) is 29.9 Å². The lowest BCUT2D eigenvalue weighted by Crippen LogP contribution is -2.28. The van der Waals surface area contributed by atoms with Gasteiger partial charge in [-0.3, -0.25) is 9.36 Å². The van der Waals surface area contributed by atoms with Gasteiger partial charge in [0.05, 0.1) is 18.1 Å². The Hall–Kier alpha value is -1.89. The number of nitrogens with zero attached hydrogens (tertiary/aromatic N) is 2. The van der Waals surface area contributed by atoms with E-state index in [2.05, 4.69) is 32.6 Å². The second-order valence-corrected chi connectivity index (χ2v) is 9.38. The molecule has 3 heterocycles. The van der Waals surface area contributed by atoms with Gasteiger partial charge >= 0.3 is 0 Å². The lowest BCUT2D eigenvalue weighted by Gasteiger charge is -2.26. The second-order valence-electron chi connectivity index (χ2n) is 7.35. The Balaban J connectivity index is 1.76. The predicted octanol–water partition coefficient (Wildman–Crippen LogP) is 5.03. The summed E-state index contributed by atoms with van der Waals surface area (Å²) in [6.07, 6.45) is 2.71. The van der Waals surface area contributed by atoms with E-state index >= 15 is 0 Å². The van der Waals surface area contributed by atoms with Crippen molar-refractivity contribution in [3.05, 3.63) is 69.3 Å². The molecule has 0 N–H and O–H groups in total. The van der Waals surface area contributed by atoms with Gasteiger partial charge in [-0.1, -0.05) is 62.0 Å². The van der Waals surface area contributed by atoms with E-state index < -0.39 is 0 Å². The lowest BCUT2D eigenvalue weighted by molar-refractivity contribution is 0.00200. The molecule has 0 fully saturated rings. The Morgan fingerprint density at radius 3 is 2.89 bits per heavy atom. The summed E-state index contributed by atoms with van der Waals surface area (Å²) in [6.45, 7) is 9.20. The molecule has 0 bridgehead atoms. The Bertz CT molecular complexity index is 1050. The molecule has 1 atom stereocenters. The van der Waals surface area contributed by atoms with Crippen molar-refractivity contribution < 1.29 is 4.74 Å². The number of allylic oxidation sites excluding steroid dienone is 1. The monoisotopic (exact) mass is 412 g/mol. The maximum absolute atomic E-state index is 13.4. The topological polar surface area (TPSA) is 44.1 Å². The van der Waals surface area contributed by atoms with Crippen LogP contribution in [0.5, 0.6) is 0 Å². The fourth-order valence-corrected chi connectivity index (χ4v) is 5.62. The van der Waals surface area contributed by atoms with Crippen LogP contribution < -0.4 is 5.56 Å². The zero-order chi connectivity index (χ0) is 19.7. The fourth-order valence-electron chi connectivity index (χ4n) is 3.49. The molecule has 1 aliphatic heterocycles. The van der Waals surface area contributed by atoms with Crippen molar-refractivity contribution in [3.8, 4) is 0 Å². The Morgan fingerprint density at radius 2 is 2.18 bits per heavy atom. The zero-order valence-electron chi connectivity index (χ0n) is 16.2. The number of hydrogen-bond donors (Lipinski definition) is 0. The number of benzene rings is 1. The minimum atomic E-state index is 0.0439. The smallest absolute Gasteiger partial charge is 0.263 e. The summed E-state index contributed by atoms with van der Waals surface area (Å²) in [4.78, 5) is 20.3. The highest BCUT2D eigenvalue weighted by Gasteiger charge is 2.28. The molecular weight excluding hydrogens is 388 g/mol. The Kier molecular flexibility index (Phi) is 5.71. The van der Waals surface area contributed by atoms with Crippen molar-refractivity contribution in [1.82, 2.24) is 9.55 Å². The van der Waals surface area contributed by atoms with Gasteiger partial charge in [-0.2, -0.15) is 0 Å². The first-order chi connectivity index (χ1) is 13.6. The van der Waals surface area contributed by atoms with Crippen LogP contribution in [-0.2, 0) is 30.1 Å². The third-order valence-electron chi connectivity index (χ3n) is 5.06. The number of hydrogen-bond acceptors (Lipinski definition) is 5. The van der Waals surface area contributed by atoms with Crippen LogP contribution in [0.2, 0.25) is 0 Å². The lowest BCUT2D eigenvalue weighted by atomic mass is 9.96. The third kappa shape index (κ3) is 3.69. The zero-order valence-corrected chi connectivity index (χ0v) is 17.8. The van der Waals surface area contributed by atoms with Crippen molar-refractivity contribution in [2.45, 2.75) is 50.4 Å². The molecule has 0 radical (unpaired) electrons. The summed E-state index contributed by atoms with van der Waals surface area (Å²) in [5, 5.41) is 1.53. The number of thiophene rings is 1. The molecular formula is C22H24N2O2S2. The van der Waals surface area contributed by atoms with Crippen LogP contribution in [0, 0.1) is 5.92 Å². The second kappa shape index (κ2) is 8.23. The number of rotatable bonds is 6. The maximum Gasteiger partial charge on any atom is 0.263 e. The van der Waals surface area contributed by atoms with Crippen LogP contribution in [0.25, 0.3) is 10.2 Å². The van der Waals surface area contributed by atoms with Gasteiger partial charge in [-0.05, 0) is 17.0 Å². The molecule has 1 aromatic carbocycles. The van der Waals surface area contributed by atoms with E-state index in [0.29, 0.717) is 19.1 Å². The van der Waals surface area contributed by atoms with Gasteiger partial charge in [0.25, 0.3) is 5.56 Å². The molecule has 3 aromatic rings. The molecule has 1 unspecified atom stereocenters. The number of fused-ring (bicyclic) bond motifs is 3. The van der Waals surface area contributed by atoms with E-state index in [1.807, 2.05) is 18.2 Å². The summed E-state index contributed by atoms with van der Waals surface area (Å²) in [5.74, 6) is 1.20. The molecule has 0 saturated heterocycles. The first-order valence-electron chi connectivity index (χ1n) is 9.52. The van der Waals surface area contributed by atoms with Crippen molar-refractivity contribution in [3.63, 3.8) is 0 Å². The molecule has 0 saturated carbocycles. The molecule has 0 amide bonds. The van der Waals surface area contributed by atoms with E-state index in [1.165, 1.54) is 5.56 Å². The van der Waals surface area contributed by atoms with E-state index in [9.17, 15) is 4.79 Å². The molecule has 1 aliphatic rings. The Morgan fingerprint density at radius 1 is 1.39 bits per heavy atom. The number of thioether (sulfide) groups is 1. The van der Waals surface area contributed by atoms with Gasteiger partial charge in [-0.25, -0.2) is 4.98 Å². The SMILES string of the molecule is C=CCn1c(SCc2ccccc2)nc2sc3c(c2c1=O)CC(C(C)C)OC3. The highest BCUT2D eigenvalue weighted by Crippen LogP contribution is 2.36. The summed E-state index contributed by atoms with van der Waals surface area (Å²) in [6, 6.07) is 10.3. The van der Waals surface area contributed by atoms with E-state index in [4.69, 9.17) is 9.72 Å². The molecule has 4 rings (SSSR count). The Labute approximate surface area is 173 Å². The highest BCUT2D eigenvalue weighted by molar-refractivity contribution is 7.98. The molecule has 2 aromatic heterocycles. The van der Waals surface area contributed by atoms with E-state index in [-0.39, 0.29) is 11.7 Å². The van der Waals surface area contributed by atoms with Gasteiger partial charge in [0.15, 0.2) is 5.16 Å². The summed E-state index contributed by atoms with van der Waals surface area (Å²) in [5.41, 5.74) is 2.40. The van der Waals surface area contributed by atoms with Crippen LogP contribution in [0.3, 0.4) is 0 Å².